The Kier molecular flexibility index (Phi) is 2130. The van der Waals surface area contributed by atoms with Crippen molar-refractivity contribution in [1.29, 1.82) is 0 Å². The van der Waals surface area contributed by atoms with Crippen molar-refractivity contribution in [2.75, 3.05) is 21.3 Å². The summed E-state index contributed by atoms with van der Waals surface area (Å²) < 4.78 is 0. The Hall–Kier alpha value is 0.594. The average Bonchev–Trinajstić information content (AvgIpc) is 1.81. The third-order valence-electron chi connectivity index (χ3n) is 0. The Morgan fingerprint density at radius 1 is 0.571 bits per heavy atom. The number of aliphatic hydroxyl groups is 3. The van der Waals surface area contributed by atoms with Crippen LogP contribution in [0.3, 0.4) is 0 Å². The van der Waals surface area contributed by atoms with Gasteiger partial charge in [-0.3, -0.25) is 0 Å². The van der Waals surface area contributed by atoms with Crippen LogP contribution in [0.25, 0.3) is 0 Å². The first-order valence-electron chi connectivity index (χ1n) is 1.34. The summed E-state index contributed by atoms with van der Waals surface area (Å²) in [4.78, 5) is 0. The third-order valence-corrected chi connectivity index (χ3v) is 0. The predicted octanol–water partition coefficient (Wildman–Crippen LogP) is -1.18. The van der Waals surface area contributed by atoms with E-state index in [1.165, 1.54) is 0 Å². The van der Waals surface area contributed by atoms with Crippen molar-refractivity contribution in [2.45, 2.75) is 0 Å². The number of hydrogen-bond donors (Lipinski definition) is 3. The van der Waals surface area contributed by atoms with Gasteiger partial charge >= 0.3 is 0 Å². The summed E-state index contributed by atoms with van der Waals surface area (Å²) in [5.74, 6) is 0. The van der Waals surface area contributed by atoms with Crippen LogP contribution in [0, 0.1) is 0 Å². The van der Waals surface area contributed by atoms with E-state index in [1.807, 2.05) is 0 Å². The Morgan fingerprint density at radius 3 is 0.571 bits per heavy atom. The molecule has 7 heavy (non-hydrogen) atoms. The molecular weight excluding hydrogens is 132 g/mol. The summed E-state index contributed by atoms with van der Waals surface area (Å²) in [5, 5.41) is 21.0. The van der Waals surface area contributed by atoms with E-state index in [4.69, 9.17) is 15.3 Å². The fourth-order valence-electron chi connectivity index (χ4n) is 0. The van der Waals surface area contributed by atoms with Crippen molar-refractivity contribution >= 4 is 0 Å². The van der Waals surface area contributed by atoms with Crippen molar-refractivity contribution in [1.82, 2.24) is 0 Å². The van der Waals surface area contributed by atoms with Crippen LogP contribution in [0.15, 0.2) is 0 Å². The minimum atomic E-state index is 0. The molecule has 0 heterocycles. The molecule has 0 aliphatic rings. The molecule has 0 fully saturated rings. The molecule has 46 valence electrons. The van der Waals surface area contributed by atoms with Crippen molar-refractivity contribution < 1.29 is 37.0 Å². The average molecular weight is 144 g/mol. The Balaban J connectivity index is -0.00000000900. The molecule has 0 rings (SSSR count). The molecule has 0 saturated carbocycles. The van der Waals surface area contributed by atoms with Crippen LogP contribution in [0.1, 0.15) is 0 Å². The van der Waals surface area contributed by atoms with Crippen LogP contribution in [0.2, 0.25) is 0 Å². The first-order chi connectivity index (χ1) is 3.00. The minimum absolute atomic E-state index is 0. The molecule has 0 bridgehead atoms. The quantitative estimate of drug-likeness (QED) is 0.375. The van der Waals surface area contributed by atoms with Gasteiger partial charge in [-0.05, 0) is 0 Å². The molecule has 0 aromatic heterocycles. The molecule has 0 aliphatic heterocycles. The molecule has 0 saturated heterocycles. The van der Waals surface area contributed by atoms with Gasteiger partial charge in [0.1, 0.15) is 0 Å². The molecule has 0 aliphatic carbocycles. The zero-order valence-electron chi connectivity index (χ0n) is 4.84. The molecule has 0 unspecified atom stereocenters. The Morgan fingerprint density at radius 2 is 0.571 bits per heavy atom. The molecule has 0 atom stereocenters. The van der Waals surface area contributed by atoms with Crippen LogP contribution in [0.5, 0.6) is 0 Å². The molecule has 0 spiro atoms. The van der Waals surface area contributed by atoms with Crippen molar-refractivity contribution in [2.24, 2.45) is 0 Å². The molecule has 3 nitrogen and oxygen atoms in total. The summed E-state index contributed by atoms with van der Waals surface area (Å²) in [6.45, 7) is 0. The van der Waals surface area contributed by atoms with Gasteiger partial charge in [0.05, 0.1) is 0 Å². The van der Waals surface area contributed by atoms with Crippen LogP contribution in [-0.4, -0.2) is 36.6 Å². The normalized spacial score (nSPS) is 2.57. The molecule has 0 aromatic rings. The second-order valence-electron chi connectivity index (χ2n) is 0. The summed E-state index contributed by atoms with van der Waals surface area (Å²) in [5.41, 5.74) is 0. The summed E-state index contributed by atoms with van der Waals surface area (Å²) >= 11 is 0. The number of aliphatic hydroxyl groups excluding tert-OH is 3. The predicted molar refractivity (Wildman–Crippen MR) is 24.4 cm³/mol. The Bertz CT molecular complexity index is 10.1. The first kappa shape index (κ1) is 25.6. The zero-order chi connectivity index (χ0) is 6.00. The van der Waals surface area contributed by atoms with Gasteiger partial charge in [-0.1, -0.05) is 0 Å². The number of rotatable bonds is 0. The fourth-order valence-corrected chi connectivity index (χ4v) is 0. The van der Waals surface area contributed by atoms with E-state index in [2.05, 4.69) is 0 Å². The molecule has 0 radical (unpaired) electrons. The monoisotopic (exact) mass is 144 g/mol. The third kappa shape index (κ3) is 394. The van der Waals surface area contributed by atoms with Crippen molar-refractivity contribution in [3.63, 3.8) is 0 Å². The van der Waals surface area contributed by atoms with Crippen molar-refractivity contribution in [3.05, 3.63) is 0 Å². The molecule has 0 aromatic carbocycles. The molecule has 0 amide bonds. The molecular formula is C3H12O3Ti. The summed E-state index contributed by atoms with van der Waals surface area (Å²) in [6, 6.07) is 0. The van der Waals surface area contributed by atoms with E-state index in [1.54, 1.807) is 0 Å². The van der Waals surface area contributed by atoms with E-state index in [0.717, 1.165) is 21.3 Å². The van der Waals surface area contributed by atoms with Crippen LogP contribution in [0.4, 0.5) is 0 Å². The van der Waals surface area contributed by atoms with E-state index < -0.39 is 0 Å². The van der Waals surface area contributed by atoms with Gasteiger partial charge in [-0.25, -0.2) is 0 Å². The zero-order valence-corrected chi connectivity index (χ0v) is 6.40. The second kappa shape index (κ2) is 584. The first-order valence-corrected chi connectivity index (χ1v) is 1.34. The SMILES string of the molecule is CO.CO.CO.[Ti]. The standard InChI is InChI=1S/3CH4O.Ti/c3*1-2;/h3*2H,1H3;. The maximum Gasteiger partial charge on any atom is 0.0319 e. The minimum Gasteiger partial charge on any atom is -0.400 e. The maximum absolute atomic E-state index is 7.00. The summed E-state index contributed by atoms with van der Waals surface area (Å²) in [7, 11) is 3.00. The van der Waals surface area contributed by atoms with Gasteiger partial charge in [-0.15, -0.1) is 0 Å². The van der Waals surface area contributed by atoms with Gasteiger partial charge in [0, 0.05) is 43.0 Å². The smallest absolute Gasteiger partial charge is 0.0319 e. The fraction of sp³-hybridized carbons (Fsp3) is 1.00. The van der Waals surface area contributed by atoms with Crippen LogP contribution < -0.4 is 0 Å². The van der Waals surface area contributed by atoms with E-state index in [9.17, 15) is 0 Å². The van der Waals surface area contributed by atoms with Crippen molar-refractivity contribution in [3.8, 4) is 0 Å². The van der Waals surface area contributed by atoms with Crippen LogP contribution >= 0.6 is 0 Å². The van der Waals surface area contributed by atoms with Gasteiger partial charge in [0.15, 0.2) is 0 Å². The topological polar surface area (TPSA) is 60.7 Å². The van der Waals surface area contributed by atoms with E-state index in [0.29, 0.717) is 0 Å². The largest absolute Gasteiger partial charge is 0.400 e. The Labute approximate surface area is 58.9 Å². The van der Waals surface area contributed by atoms with E-state index in [-0.39, 0.29) is 21.7 Å². The molecule has 3 N–H and O–H groups in total. The van der Waals surface area contributed by atoms with Gasteiger partial charge in [0.25, 0.3) is 0 Å². The maximum atomic E-state index is 7.00. The van der Waals surface area contributed by atoms with Crippen LogP contribution in [-0.2, 0) is 21.7 Å². The van der Waals surface area contributed by atoms with E-state index >= 15 is 0 Å². The molecule has 4 heteroatoms. The van der Waals surface area contributed by atoms with Gasteiger partial charge < -0.3 is 15.3 Å². The van der Waals surface area contributed by atoms with Gasteiger partial charge in [-0.2, -0.15) is 0 Å². The number of hydrogen-bond acceptors (Lipinski definition) is 3. The summed E-state index contributed by atoms with van der Waals surface area (Å²) in [6.07, 6.45) is 0. The van der Waals surface area contributed by atoms with Gasteiger partial charge in [0.2, 0.25) is 0 Å². The second-order valence-corrected chi connectivity index (χ2v) is 0.